The molecule has 2 aromatic rings. The summed E-state index contributed by atoms with van der Waals surface area (Å²) >= 11 is 0. The average Bonchev–Trinajstić information content (AvgIpc) is 3.38. The van der Waals surface area contributed by atoms with Gasteiger partial charge in [-0.3, -0.25) is 0 Å². The fraction of sp³-hybridized carbons (Fsp3) is 0.529. The quantitative estimate of drug-likeness (QED) is 0.868. The standard InChI is InChI=1S/C17H21N3O3S/c1-17(2)14(16-19-18-13(23-16)10-11-8-9-11)15(17)20-24(21,22)12-6-4-3-5-7-12/h3-7,11,14-15,20H,8-10H2,1-2H3/t14-,15-/m0/s1. The summed E-state index contributed by atoms with van der Waals surface area (Å²) in [5, 5.41) is 8.27. The van der Waals surface area contributed by atoms with Crippen LogP contribution >= 0.6 is 0 Å². The van der Waals surface area contributed by atoms with Crippen LogP contribution in [-0.2, 0) is 16.4 Å². The van der Waals surface area contributed by atoms with Crippen LogP contribution in [-0.4, -0.2) is 24.7 Å². The largest absolute Gasteiger partial charge is 0.425 e. The van der Waals surface area contributed by atoms with Crippen LogP contribution in [0.1, 0.15) is 44.4 Å². The minimum atomic E-state index is -3.55. The van der Waals surface area contributed by atoms with Crippen LogP contribution in [0.2, 0.25) is 0 Å². The van der Waals surface area contributed by atoms with E-state index in [-0.39, 0.29) is 22.3 Å². The Kier molecular flexibility index (Phi) is 3.54. The highest BCUT2D eigenvalue weighted by molar-refractivity contribution is 7.89. The van der Waals surface area contributed by atoms with Gasteiger partial charge in [0.1, 0.15) is 0 Å². The van der Waals surface area contributed by atoms with E-state index < -0.39 is 10.0 Å². The smallest absolute Gasteiger partial charge is 0.240 e. The molecule has 0 aliphatic heterocycles. The fourth-order valence-electron chi connectivity index (χ4n) is 3.20. The van der Waals surface area contributed by atoms with Crippen LogP contribution in [0.5, 0.6) is 0 Å². The molecule has 128 valence electrons. The van der Waals surface area contributed by atoms with Crippen LogP contribution < -0.4 is 4.72 Å². The second-order valence-electron chi connectivity index (χ2n) is 7.39. The summed E-state index contributed by atoms with van der Waals surface area (Å²) in [5.74, 6) is 1.80. The molecule has 2 aliphatic rings. The molecule has 2 atom stereocenters. The highest BCUT2D eigenvalue weighted by atomic mass is 32.2. The van der Waals surface area contributed by atoms with Gasteiger partial charge in [0.05, 0.1) is 10.8 Å². The van der Waals surface area contributed by atoms with Gasteiger partial charge in [-0.1, -0.05) is 32.0 Å². The number of benzene rings is 1. The summed E-state index contributed by atoms with van der Waals surface area (Å²) < 4.78 is 33.6. The lowest BCUT2D eigenvalue weighted by atomic mass is 10.1. The van der Waals surface area contributed by atoms with E-state index in [2.05, 4.69) is 14.9 Å². The number of aromatic nitrogens is 2. The van der Waals surface area contributed by atoms with Crippen LogP contribution in [0.15, 0.2) is 39.6 Å². The minimum Gasteiger partial charge on any atom is -0.425 e. The Balaban J connectivity index is 1.51. The molecule has 2 aliphatic carbocycles. The molecule has 1 aromatic heterocycles. The van der Waals surface area contributed by atoms with E-state index >= 15 is 0 Å². The molecular weight excluding hydrogens is 326 g/mol. The topological polar surface area (TPSA) is 85.1 Å². The zero-order valence-corrected chi connectivity index (χ0v) is 14.6. The van der Waals surface area contributed by atoms with Gasteiger partial charge in [-0.25, -0.2) is 13.1 Å². The number of sulfonamides is 1. The van der Waals surface area contributed by atoms with Crippen LogP contribution in [0.4, 0.5) is 0 Å². The number of rotatable bonds is 6. The Hall–Kier alpha value is -1.73. The molecule has 2 saturated carbocycles. The Morgan fingerprint density at radius 3 is 2.58 bits per heavy atom. The van der Waals surface area contributed by atoms with Crippen LogP contribution in [0.3, 0.4) is 0 Å². The molecule has 0 amide bonds. The van der Waals surface area contributed by atoms with E-state index in [4.69, 9.17) is 4.42 Å². The summed E-state index contributed by atoms with van der Waals surface area (Å²) in [6.45, 7) is 4.03. The number of hydrogen-bond acceptors (Lipinski definition) is 5. The first-order valence-corrected chi connectivity index (χ1v) is 9.76. The summed E-state index contributed by atoms with van der Waals surface area (Å²) in [6.07, 6.45) is 3.29. The van der Waals surface area contributed by atoms with E-state index in [9.17, 15) is 8.42 Å². The van der Waals surface area contributed by atoms with Crippen molar-refractivity contribution in [3.05, 3.63) is 42.1 Å². The number of nitrogens with one attached hydrogen (secondary N) is 1. The Labute approximate surface area is 141 Å². The van der Waals surface area contributed by atoms with Crippen molar-refractivity contribution in [2.24, 2.45) is 11.3 Å². The Morgan fingerprint density at radius 2 is 1.92 bits per heavy atom. The predicted molar refractivity (Wildman–Crippen MR) is 87.8 cm³/mol. The lowest BCUT2D eigenvalue weighted by Gasteiger charge is -2.07. The van der Waals surface area contributed by atoms with E-state index in [1.807, 2.05) is 13.8 Å². The fourth-order valence-corrected chi connectivity index (χ4v) is 4.62. The molecule has 0 radical (unpaired) electrons. The molecule has 2 fully saturated rings. The van der Waals surface area contributed by atoms with Crippen molar-refractivity contribution in [3.8, 4) is 0 Å². The third kappa shape index (κ3) is 2.86. The van der Waals surface area contributed by atoms with E-state index in [1.165, 1.54) is 12.8 Å². The van der Waals surface area contributed by atoms with Gasteiger partial charge in [0.15, 0.2) is 0 Å². The highest BCUT2D eigenvalue weighted by Crippen LogP contribution is 2.58. The van der Waals surface area contributed by atoms with Gasteiger partial charge in [-0.2, -0.15) is 0 Å². The van der Waals surface area contributed by atoms with Gasteiger partial charge in [0, 0.05) is 12.5 Å². The third-order valence-electron chi connectivity index (χ3n) is 5.07. The first-order chi connectivity index (χ1) is 11.4. The van der Waals surface area contributed by atoms with E-state index in [0.29, 0.717) is 17.7 Å². The monoisotopic (exact) mass is 347 g/mol. The van der Waals surface area contributed by atoms with E-state index in [0.717, 1.165) is 6.42 Å². The first-order valence-electron chi connectivity index (χ1n) is 8.27. The SMILES string of the molecule is CC1(C)[C@H](c2nnc(CC3CC3)o2)[C@@H]1NS(=O)(=O)c1ccccc1. The van der Waals surface area contributed by atoms with Crippen molar-refractivity contribution < 1.29 is 12.8 Å². The molecule has 4 rings (SSSR count). The van der Waals surface area contributed by atoms with Crippen molar-refractivity contribution in [1.29, 1.82) is 0 Å². The molecule has 0 unspecified atom stereocenters. The van der Waals surface area contributed by atoms with Crippen molar-refractivity contribution in [2.75, 3.05) is 0 Å². The molecule has 7 heteroatoms. The van der Waals surface area contributed by atoms with Gasteiger partial charge in [0.25, 0.3) is 0 Å². The van der Waals surface area contributed by atoms with Crippen molar-refractivity contribution in [3.63, 3.8) is 0 Å². The summed E-state index contributed by atoms with van der Waals surface area (Å²) in [4.78, 5) is 0.270. The van der Waals surface area contributed by atoms with Gasteiger partial charge < -0.3 is 4.42 Å². The van der Waals surface area contributed by atoms with Crippen molar-refractivity contribution in [1.82, 2.24) is 14.9 Å². The Bertz CT molecular complexity index is 841. The average molecular weight is 347 g/mol. The Morgan fingerprint density at radius 1 is 1.21 bits per heavy atom. The molecule has 1 heterocycles. The summed E-state index contributed by atoms with van der Waals surface area (Å²) in [6, 6.07) is 8.17. The first kappa shape index (κ1) is 15.8. The molecule has 0 saturated heterocycles. The molecule has 0 bridgehead atoms. The molecule has 1 aromatic carbocycles. The molecular formula is C17H21N3O3S. The predicted octanol–water partition coefficient (Wildman–Crippen LogP) is 2.49. The maximum atomic E-state index is 12.5. The van der Waals surface area contributed by atoms with Gasteiger partial charge in [-0.15, -0.1) is 10.2 Å². The zero-order chi connectivity index (χ0) is 16.9. The van der Waals surface area contributed by atoms with Crippen molar-refractivity contribution in [2.45, 2.75) is 50.0 Å². The van der Waals surface area contributed by atoms with E-state index in [1.54, 1.807) is 30.3 Å². The number of hydrogen-bond donors (Lipinski definition) is 1. The third-order valence-corrected chi connectivity index (χ3v) is 6.53. The maximum absolute atomic E-state index is 12.5. The zero-order valence-electron chi connectivity index (χ0n) is 13.8. The number of nitrogens with zero attached hydrogens (tertiary/aromatic N) is 2. The van der Waals surface area contributed by atoms with Crippen molar-refractivity contribution >= 4 is 10.0 Å². The highest BCUT2D eigenvalue weighted by Gasteiger charge is 2.63. The minimum absolute atomic E-state index is 0.0866. The molecule has 24 heavy (non-hydrogen) atoms. The van der Waals surface area contributed by atoms with Gasteiger partial charge >= 0.3 is 0 Å². The summed E-state index contributed by atoms with van der Waals surface area (Å²) in [5.41, 5.74) is -0.245. The van der Waals surface area contributed by atoms with Crippen LogP contribution in [0, 0.1) is 11.3 Å². The lowest BCUT2D eigenvalue weighted by molar-refractivity contribution is 0.425. The second kappa shape index (κ2) is 5.39. The maximum Gasteiger partial charge on any atom is 0.240 e. The van der Waals surface area contributed by atoms with Gasteiger partial charge in [-0.05, 0) is 36.3 Å². The van der Waals surface area contributed by atoms with Crippen LogP contribution in [0.25, 0.3) is 0 Å². The second-order valence-corrected chi connectivity index (χ2v) is 9.11. The normalized spacial score (nSPS) is 25.6. The summed E-state index contributed by atoms with van der Waals surface area (Å²) in [7, 11) is -3.55. The molecule has 1 N–H and O–H groups in total. The van der Waals surface area contributed by atoms with Gasteiger partial charge in [0.2, 0.25) is 21.8 Å². The lowest BCUT2D eigenvalue weighted by Crippen LogP contribution is -2.29. The molecule has 6 nitrogen and oxygen atoms in total. The molecule has 0 spiro atoms.